The Hall–Kier alpha value is -2.08. The van der Waals surface area contributed by atoms with Gasteiger partial charge in [-0.05, 0) is 18.6 Å². The van der Waals surface area contributed by atoms with Crippen molar-refractivity contribution < 1.29 is 61.7 Å². The number of carbonyl (C=O) groups is 2. The van der Waals surface area contributed by atoms with Crippen molar-refractivity contribution in [3.8, 4) is 0 Å². The maximum absolute atomic E-state index is 12.3. The molecule has 0 saturated carbocycles. The predicted octanol–water partition coefficient (Wildman–Crippen LogP) is 7.73. The van der Waals surface area contributed by atoms with Gasteiger partial charge in [0.25, 0.3) is 11.8 Å². The molecule has 14 nitrogen and oxygen atoms in total. The van der Waals surface area contributed by atoms with Crippen molar-refractivity contribution in [2.75, 3.05) is 152 Å². The topological polar surface area (TPSA) is 139 Å². The second-order valence-corrected chi connectivity index (χ2v) is 15.3. The molecule has 2 rings (SSSR count). The molecule has 0 atom stereocenters. The van der Waals surface area contributed by atoms with Crippen LogP contribution in [0.1, 0.15) is 130 Å². The number of hydrogen-bond acceptors (Lipinski definition) is 13. The molecule has 0 spiro atoms. The van der Waals surface area contributed by atoms with E-state index >= 15 is 0 Å². The smallest absolute Gasteiger partial charge is 0.261 e. The third kappa shape index (κ3) is 32.6. The van der Waals surface area contributed by atoms with Gasteiger partial charge in [0.05, 0.1) is 156 Å². The van der Waals surface area contributed by atoms with Crippen LogP contribution in [0, 0.1) is 0 Å². The summed E-state index contributed by atoms with van der Waals surface area (Å²) in [6.07, 6.45) is 22.1. The molecule has 0 bridgehead atoms. The van der Waals surface area contributed by atoms with Gasteiger partial charge in [-0.1, -0.05) is 115 Å². The van der Waals surface area contributed by atoms with Crippen LogP contribution in [0.2, 0.25) is 0 Å². The summed E-state index contributed by atoms with van der Waals surface area (Å²) in [6, 6.07) is 6.83. The Bertz CT molecular complexity index is 1110. The lowest BCUT2D eigenvalue weighted by atomic mass is 10.0. The van der Waals surface area contributed by atoms with Gasteiger partial charge in [-0.25, -0.2) is 0 Å². The van der Waals surface area contributed by atoms with Gasteiger partial charge in [-0.2, -0.15) is 0 Å². The van der Waals surface area contributed by atoms with Gasteiger partial charge in [-0.15, -0.1) is 0 Å². The number of imide groups is 1. The summed E-state index contributed by atoms with van der Waals surface area (Å²) in [5.41, 5.74) is 0.888. The minimum atomic E-state index is -0.275. The summed E-state index contributed by atoms with van der Waals surface area (Å²) >= 11 is 0. The maximum atomic E-state index is 12.3. The number of rotatable bonds is 50. The molecular formula is C48H85NO13. The average molecular weight is 884 g/mol. The van der Waals surface area contributed by atoms with Crippen LogP contribution in [0.25, 0.3) is 0 Å². The zero-order chi connectivity index (χ0) is 44.1. The first-order valence-electron chi connectivity index (χ1n) is 24.1. The van der Waals surface area contributed by atoms with E-state index < -0.39 is 0 Å². The van der Waals surface area contributed by atoms with Crippen LogP contribution in [0.4, 0.5) is 0 Å². The molecule has 0 unspecified atom stereocenters. The molecule has 2 amide bonds. The van der Waals surface area contributed by atoms with Crippen molar-refractivity contribution in [2.45, 2.75) is 110 Å². The number of unbranched alkanes of at least 4 members (excludes halogenated alkanes) is 15. The van der Waals surface area contributed by atoms with Crippen LogP contribution in [-0.4, -0.2) is 169 Å². The van der Waals surface area contributed by atoms with Gasteiger partial charge in [0.1, 0.15) is 0 Å². The quantitative estimate of drug-likeness (QED) is 0.0467. The first kappa shape index (κ1) is 56.1. The lowest BCUT2D eigenvalue weighted by Gasteiger charge is -2.13. The number of carbonyl (C=O) groups excluding carboxylic acids is 2. The lowest BCUT2D eigenvalue weighted by Crippen LogP contribution is -2.33. The maximum Gasteiger partial charge on any atom is 0.261 e. The van der Waals surface area contributed by atoms with Crippen molar-refractivity contribution in [2.24, 2.45) is 0 Å². The highest BCUT2D eigenvalue weighted by Gasteiger charge is 2.34. The van der Waals surface area contributed by atoms with E-state index in [1.54, 1.807) is 24.3 Å². The fourth-order valence-corrected chi connectivity index (χ4v) is 6.65. The molecule has 360 valence electrons. The van der Waals surface area contributed by atoms with E-state index in [1.807, 2.05) is 0 Å². The molecule has 62 heavy (non-hydrogen) atoms. The molecule has 1 heterocycles. The summed E-state index contributed by atoms with van der Waals surface area (Å²) in [5, 5.41) is 0. The lowest BCUT2D eigenvalue weighted by molar-refractivity contribution is -0.0276. The number of fused-ring (bicyclic) bond motifs is 1. The van der Waals surface area contributed by atoms with Gasteiger partial charge >= 0.3 is 0 Å². The van der Waals surface area contributed by atoms with E-state index in [0.29, 0.717) is 143 Å². The molecule has 0 aromatic heterocycles. The van der Waals surface area contributed by atoms with E-state index in [4.69, 9.17) is 52.1 Å². The van der Waals surface area contributed by atoms with Gasteiger partial charge in [0.15, 0.2) is 0 Å². The van der Waals surface area contributed by atoms with E-state index in [0.717, 1.165) is 13.0 Å². The van der Waals surface area contributed by atoms with Gasteiger partial charge in [0, 0.05) is 6.61 Å². The number of hydrogen-bond donors (Lipinski definition) is 0. The Balaban J connectivity index is 1.13. The van der Waals surface area contributed by atoms with Crippen LogP contribution in [0.5, 0.6) is 0 Å². The molecule has 1 aliphatic heterocycles. The van der Waals surface area contributed by atoms with E-state index in [-0.39, 0.29) is 25.0 Å². The van der Waals surface area contributed by atoms with Crippen molar-refractivity contribution in [3.05, 3.63) is 35.4 Å². The first-order chi connectivity index (χ1) is 30.8. The van der Waals surface area contributed by atoms with E-state index in [2.05, 4.69) is 6.92 Å². The predicted molar refractivity (Wildman–Crippen MR) is 240 cm³/mol. The highest BCUT2D eigenvalue weighted by atomic mass is 16.6. The number of ether oxygens (including phenoxy) is 11. The summed E-state index contributed by atoms with van der Waals surface area (Å²) in [7, 11) is 0. The molecule has 1 aliphatic rings. The standard InChI is InChI=1S/C48H85NO13/c1-2-3-4-5-6-7-8-9-10-11-12-13-14-15-16-19-23-52-25-27-54-29-31-56-33-35-58-37-39-60-41-43-62-44-42-61-40-38-59-36-34-57-32-30-55-28-26-53-24-22-49-47(50)45-20-17-18-21-46(45)48(49)51/h17-18,20-21H,2-16,19,22-44H2,1H3. The minimum Gasteiger partial charge on any atom is -0.379 e. The summed E-state index contributed by atoms with van der Waals surface area (Å²) in [4.78, 5) is 25.9. The Labute approximate surface area is 374 Å². The van der Waals surface area contributed by atoms with Gasteiger partial charge < -0.3 is 52.1 Å². The van der Waals surface area contributed by atoms with Gasteiger partial charge in [-0.3, -0.25) is 14.5 Å². The summed E-state index contributed by atoms with van der Waals surface area (Å²) in [5.74, 6) is -0.551. The third-order valence-corrected chi connectivity index (χ3v) is 10.2. The van der Waals surface area contributed by atoms with Crippen LogP contribution >= 0.6 is 0 Å². The molecule has 0 saturated heterocycles. The Morgan fingerprint density at radius 3 is 0.806 bits per heavy atom. The minimum absolute atomic E-state index is 0.215. The second-order valence-electron chi connectivity index (χ2n) is 15.3. The SMILES string of the molecule is CCCCCCCCCCCCCCCCCCOCCOCCOCCOCCOCCOCCOCCOCCOCCOCCOCCN1C(=O)c2ccccc2C1=O. The zero-order valence-electron chi connectivity index (χ0n) is 38.6. The van der Waals surface area contributed by atoms with E-state index in [1.165, 1.54) is 101 Å². The highest BCUT2D eigenvalue weighted by molar-refractivity contribution is 6.21. The molecule has 0 aliphatic carbocycles. The molecule has 0 fully saturated rings. The highest BCUT2D eigenvalue weighted by Crippen LogP contribution is 2.22. The number of amides is 2. The Kier molecular flexibility index (Phi) is 39.9. The molecule has 0 radical (unpaired) electrons. The van der Waals surface area contributed by atoms with E-state index in [9.17, 15) is 9.59 Å². The van der Waals surface area contributed by atoms with Crippen LogP contribution in [0.15, 0.2) is 24.3 Å². The molecule has 0 N–H and O–H groups in total. The Morgan fingerprint density at radius 2 is 0.532 bits per heavy atom. The summed E-state index contributed by atoms with van der Waals surface area (Å²) < 4.78 is 60.9. The molecule has 1 aromatic rings. The average Bonchev–Trinajstić information content (AvgIpc) is 3.53. The van der Waals surface area contributed by atoms with Crippen molar-refractivity contribution in [3.63, 3.8) is 0 Å². The summed E-state index contributed by atoms with van der Waals surface area (Å²) in [6.45, 7) is 13.6. The zero-order valence-corrected chi connectivity index (χ0v) is 38.6. The fourth-order valence-electron chi connectivity index (χ4n) is 6.65. The second kappa shape index (κ2) is 44.1. The third-order valence-electron chi connectivity index (χ3n) is 10.2. The monoisotopic (exact) mass is 884 g/mol. The molecule has 1 aromatic carbocycles. The van der Waals surface area contributed by atoms with Crippen molar-refractivity contribution in [1.82, 2.24) is 4.90 Å². The Morgan fingerprint density at radius 1 is 0.306 bits per heavy atom. The number of nitrogens with zero attached hydrogens (tertiary/aromatic N) is 1. The van der Waals surface area contributed by atoms with Crippen LogP contribution in [0.3, 0.4) is 0 Å². The fraction of sp³-hybridized carbons (Fsp3) is 0.833. The number of benzene rings is 1. The van der Waals surface area contributed by atoms with Crippen molar-refractivity contribution in [1.29, 1.82) is 0 Å². The van der Waals surface area contributed by atoms with Crippen LogP contribution in [-0.2, 0) is 52.1 Å². The van der Waals surface area contributed by atoms with Crippen molar-refractivity contribution >= 4 is 11.8 Å². The van der Waals surface area contributed by atoms with Crippen LogP contribution < -0.4 is 0 Å². The first-order valence-corrected chi connectivity index (χ1v) is 24.1. The molecular weight excluding hydrogens is 799 g/mol. The largest absolute Gasteiger partial charge is 0.379 e. The normalized spacial score (nSPS) is 12.6. The van der Waals surface area contributed by atoms with Gasteiger partial charge in [0.2, 0.25) is 0 Å². The molecule has 14 heteroatoms.